The molecule has 1 aliphatic rings. The lowest BCUT2D eigenvalue weighted by Crippen LogP contribution is -2.25. The predicted molar refractivity (Wildman–Crippen MR) is 53.1 cm³/mol. The van der Waals surface area contributed by atoms with Crippen LogP contribution < -0.4 is 5.32 Å². The molecule has 0 saturated carbocycles. The Balaban J connectivity index is 2.00. The molecule has 0 atom stereocenters. The Labute approximate surface area is 73.6 Å². The van der Waals surface area contributed by atoms with Crippen LogP contribution >= 0.6 is 11.8 Å². The first-order valence-electron chi connectivity index (χ1n) is 4.33. The Morgan fingerprint density at radius 1 is 1.45 bits per heavy atom. The number of hydrogen-bond donors (Lipinski definition) is 1. The molecule has 0 aromatic rings. The molecule has 1 nitrogen and oxygen atoms in total. The molecule has 64 valence electrons. The lowest BCUT2D eigenvalue weighted by molar-refractivity contribution is 0.459. The van der Waals surface area contributed by atoms with E-state index in [-0.39, 0.29) is 0 Å². The van der Waals surface area contributed by atoms with Gasteiger partial charge in [0, 0.05) is 6.54 Å². The van der Waals surface area contributed by atoms with E-state index in [4.69, 9.17) is 0 Å². The monoisotopic (exact) mass is 171 g/mol. The molecule has 0 aliphatic carbocycles. The fourth-order valence-electron chi connectivity index (χ4n) is 1.34. The lowest BCUT2D eigenvalue weighted by Gasteiger charge is -2.21. The Hall–Kier alpha value is 0.0500. The summed E-state index contributed by atoms with van der Waals surface area (Å²) in [5, 5.41) is 3.38. The van der Waals surface area contributed by atoms with Crippen LogP contribution in [0.1, 0.15) is 12.8 Å². The zero-order valence-electron chi connectivity index (χ0n) is 7.01. The van der Waals surface area contributed by atoms with Crippen molar-refractivity contribution in [2.45, 2.75) is 12.8 Å². The summed E-state index contributed by atoms with van der Waals surface area (Å²) in [6.07, 6.45) is 4.72. The molecule has 0 amide bonds. The largest absolute Gasteiger partial charge is 0.313 e. The molecule has 0 unspecified atom stereocenters. The minimum absolute atomic E-state index is 0.927. The summed E-state index contributed by atoms with van der Waals surface area (Å²) in [6.45, 7) is 5.83. The summed E-state index contributed by atoms with van der Waals surface area (Å²) in [5.74, 6) is 3.65. The number of nitrogens with one attached hydrogen (secondary N) is 1. The van der Waals surface area contributed by atoms with Gasteiger partial charge in [0.05, 0.1) is 0 Å². The Bertz CT molecular complexity index is 108. The van der Waals surface area contributed by atoms with Crippen LogP contribution in [-0.4, -0.2) is 24.6 Å². The highest BCUT2D eigenvalue weighted by Gasteiger charge is 2.11. The topological polar surface area (TPSA) is 12.0 Å². The van der Waals surface area contributed by atoms with Crippen molar-refractivity contribution in [2.75, 3.05) is 24.6 Å². The van der Waals surface area contributed by atoms with Gasteiger partial charge in [0.25, 0.3) is 0 Å². The maximum atomic E-state index is 3.68. The normalized spacial score (nSPS) is 20.0. The van der Waals surface area contributed by atoms with Gasteiger partial charge in [-0.25, -0.2) is 0 Å². The molecule has 0 spiro atoms. The Morgan fingerprint density at radius 2 is 2.18 bits per heavy atom. The van der Waals surface area contributed by atoms with E-state index in [1.54, 1.807) is 0 Å². The van der Waals surface area contributed by atoms with Crippen molar-refractivity contribution < 1.29 is 0 Å². The summed E-state index contributed by atoms with van der Waals surface area (Å²) in [4.78, 5) is 0. The number of thioether (sulfide) groups is 1. The van der Waals surface area contributed by atoms with Gasteiger partial charge in [-0.15, -0.1) is 6.58 Å². The van der Waals surface area contributed by atoms with Crippen LogP contribution in [0.25, 0.3) is 0 Å². The van der Waals surface area contributed by atoms with Crippen molar-refractivity contribution in [3.05, 3.63) is 12.7 Å². The van der Waals surface area contributed by atoms with Gasteiger partial charge in [-0.3, -0.25) is 0 Å². The standard InChI is InChI=1S/C9H17NS/c1-2-5-10-8-9-3-6-11-7-4-9/h2,9-10H,1,3-8H2. The minimum atomic E-state index is 0.927. The molecule has 0 aromatic heterocycles. The van der Waals surface area contributed by atoms with Crippen LogP contribution in [-0.2, 0) is 0 Å². The van der Waals surface area contributed by atoms with Gasteiger partial charge in [-0.05, 0) is 36.8 Å². The second kappa shape index (κ2) is 5.67. The van der Waals surface area contributed by atoms with Crippen molar-refractivity contribution in [3.8, 4) is 0 Å². The van der Waals surface area contributed by atoms with E-state index in [0.29, 0.717) is 0 Å². The van der Waals surface area contributed by atoms with Gasteiger partial charge in [0.15, 0.2) is 0 Å². The molecular weight excluding hydrogens is 154 g/mol. The summed E-state index contributed by atoms with van der Waals surface area (Å²) < 4.78 is 0. The second-order valence-corrected chi connectivity index (χ2v) is 4.23. The first-order chi connectivity index (χ1) is 5.43. The second-order valence-electron chi connectivity index (χ2n) is 3.00. The average Bonchev–Trinajstić information content (AvgIpc) is 2.07. The molecule has 1 N–H and O–H groups in total. The lowest BCUT2D eigenvalue weighted by atomic mass is 10.0. The predicted octanol–water partition coefficient (Wildman–Crippen LogP) is 1.91. The van der Waals surface area contributed by atoms with Crippen molar-refractivity contribution in [1.29, 1.82) is 0 Å². The fourth-order valence-corrected chi connectivity index (χ4v) is 2.54. The molecule has 0 bridgehead atoms. The van der Waals surface area contributed by atoms with Crippen LogP contribution in [0.15, 0.2) is 12.7 Å². The van der Waals surface area contributed by atoms with Gasteiger partial charge in [-0.1, -0.05) is 6.08 Å². The maximum Gasteiger partial charge on any atom is 0.0132 e. The molecule has 11 heavy (non-hydrogen) atoms. The van der Waals surface area contributed by atoms with Crippen LogP contribution in [0, 0.1) is 5.92 Å². The Morgan fingerprint density at radius 3 is 2.82 bits per heavy atom. The average molecular weight is 171 g/mol. The SMILES string of the molecule is C=CCNCC1CCSCC1. The van der Waals surface area contributed by atoms with Crippen molar-refractivity contribution in [2.24, 2.45) is 5.92 Å². The van der Waals surface area contributed by atoms with E-state index in [0.717, 1.165) is 12.5 Å². The third kappa shape index (κ3) is 3.82. The molecule has 2 heteroatoms. The van der Waals surface area contributed by atoms with Gasteiger partial charge < -0.3 is 5.32 Å². The molecular formula is C9H17NS. The van der Waals surface area contributed by atoms with Crippen LogP contribution in [0.4, 0.5) is 0 Å². The van der Waals surface area contributed by atoms with Crippen molar-refractivity contribution in [3.63, 3.8) is 0 Å². The third-order valence-corrected chi connectivity index (χ3v) is 3.11. The Kier molecular flexibility index (Phi) is 4.71. The van der Waals surface area contributed by atoms with Crippen molar-refractivity contribution >= 4 is 11.8 Å². The number of rotatable bonds is 4. The van der Waals surface area contributed by atoms with Gasteiger partial charge >= 0.3 is 0 Å². The molecule has 1 saturated heterocycles. The summed E-state index contributed by atoms with van der Waals surface area (Å²) in [6, 6.07) is 0. The maximum absolute atomic E-state index is 3.68. The quantitative estimate of drug-likeness (QED) is 0.512. The van der Waals surface area contributed by atoms with Crippen LogP contribution in [0.5, 0.6) is 0 Å². The molecule has 1 fully saturated rings. The van der Waals surface area contributed by atoms with E-state index in [2.05, 4.69) is 23.7 Å². The van der Waals surface area contributed by atoms with E-state index >= 15 is 0 Å². The zero-order chi connectivity index (χ0) is 7.94. The van der Waals surface area contributed by atoms with E-state index < -0.39 is 0 Å². The van der Waals surface area contributed by atoms with Crippen LogP contribution in [0.3, 0.4) is 0 Å². The highest BCUT2D eigenvalue weighted by Crippen LogP contribution is 2.21. The first kappa shape index (κ1) is 9.14. The summed E-state index contributed by atoms with van der Waals surface area (Å²) >= 11 is 2.09. The van der Waals surface area contributed by atoms with E-state index in [1.807, 2.05) is 6.08 Å². The first-order valence-corrected chi connectivity index (χ1v) is 5.48. The summed E-state index contributed by atoms with van der Waals surface area (Å²) in [7, 11) is 0. The van der Waals surface area contributed by atoms with E-state index in [9.17, 15) is 0 Å². The summed E-state index contributed by atoms with van der Waals surface area (Å²) in [5.41, 5.74) is 0. The fraction of sp³-hybridized carbons (Fsp3) is 0.778. The molecule has 0 aromatic carbocycles. The smallest absolute Gasteiger partial charge is 0.0132 e. The van der Waals surface area contributed by atoms with Gasteiger partial charge in [0.2, 0.25) is 0 Å². The molecule has 1 aliphatic heterocycles. The third-order valence-electron chi connectivity index (χ3n) is 2.06. The highest BCUT2D eigenvalue weighted by atomic mass is 32.2. The van der Waals surface area contributed by atoms with Crippen molar-refractivity contribution in [1.82, 2.24) is 5.32 Å². The molecule has 0 radical (unpaired) electrons. The minimum Gasteiger partial charge on any atom is -0.313 e. The van der Waals surface area contributed by atoms with Gasteiger partial charge in [-0.2, -0.15) is 11.8 Å². The molecule has 1 rings (SSSR count). The van der Waals surface area contributed by atoms with Gasteiger partial charge in [0.1, 0.15) is 0 Å². The number of hydrogen-bond acceptors (Lipinski definition) is 2. The molecule has 1 heterocycles. The van der Waals surface area contributed by atoms with E-state index in [1.165, 1.54) is 30.9 Å². The highest BCUT2D eigenvalue weighted by molar-refractivity contribution is 7.99. The van der Waals surface area contributed by atoms with Crippen LogP contribution in [0.2, 0.25) is 0 Å². The zero-order valence-corrected chi connectivity index (χ0v) is 7.83.